The highest BCUT2D eigenvalue weighted by atomic mass is 19.4. The SMILES string of the molecule is CCC(=O)c1cccn1CC(F)(F)F. The molecule has 0 aromatic carbocycles. The topological polar surface area (TPSA) is 22.0 Å². The summed E-state index contributed by atoms with van der Waals surface area (Å²) in [5.74, 6) is -0.278. The van der Waals surface area contributed by atoms with Gasteiger partial charge in [0, 0.05) is 12.6 Å². The molecule has 5 heteroatoms. The van der Waals surface area contributed by atoms with Crippen LogP contribution in [0.25, 0.3) is 0 Å². The molecule has 1 aromatic rings. The molecule has 0 aliphatic carbocycles. The van der Waals surface area contributed by atoms with Gasteiger partial charge in [-0.2, -0.15) is 13.2 Å². The Labute approximate surface area is 79.3 Å². The van der Waals surface area contributed by atoms with Crippen LogP contribution < -0.4 is 0 Å². The van der Waals surface area contributed by atoms with E-state index < -0.39 is 12.7 Å². The van der Waals surface area contributed by atoms with E-state index in [4.69, 9.17) is 0 Å². The molecule has 0 aliphatic heterocycles. The van der Waals surface area contributed by atoms with Crippen molar-refractivity contribution in [2.45, 2.75) is 26.1 Å². The highest BCUT2D eigenvalue weighted by Crippen LogP contribution is 2.19. The van der Waals surface area contributed by atoms with Gasteiger partial charge in [0.2, 0.25) is 0 Å². The Kier molecular flexibility index (Phi) is 2.98. The Bertz CT molecular complexity index is 327. The number of hydrogen-bond acceptors (Lipinski definition) is 1. The Morgan fingerprint density at radius 3 is 2.64 bits per heavy atom. The van der Waals surface area contributed by atoms with E-state index >= 15 is 0 Å². The van der Waals surface area contributed by atoms with E-state index in [0.29, 0.717) is 0 Å². The summed E-state index contributed by atoms with van der Waals surface area (Å²) < 4.78 is 37.0. The smallest absolute Gasteiger partial charge is 0.336 e. The maximum absolute atomic E-state index is 12.0. The van der Waals surface area contributed by atoms with Crippen LogP contribution in [0.4, 0.5) is 13.2 Å². The van der Waals surface area contributed by atoms with E-state index in [1.165, 1.54) is 18.3 Å². The van der Waals surface area contributed by atoms with Crippen molar-refractivity contribution in [3.63, 3.8) is 0 Å². The zero-order chi connectivity index (χ0) is 10.8. The lowest BCUT2D eigenvalue weighted by atomic mass is 10.2. The maximum Gasteiger partial charge on any atom is 0.406 e. The van der Waals surface area contributed by atoms with Crippen molar-refractivity contribution in [3.8, 4) is 0 Å². The molecule has 0 spiro atoms. The average Bonchev–Trinajstić information content (AvgIpc) is 2.48. The lowest BCUT2D eigenvalue weighted by Crippen LogP contribution is -2.20. The summed E-state index contributed by atoms with van der Waals surface area (Å²) in [7, 11) is 0. The first-order chi connectivity index (χ1) is 6.44. The zero-order valence-electron chi connectivity index (χ0n) is 7.64. The van der Waals surface area contributed by atoms with Crippen molar-refractivity contribution in [2.75, 3.05) is 0 Å². The second-order valence-corrected chi connectivity index (χ2v) is 2.91. The lowest BCUT2D eigenvalue weighted by molar-refractivity contribution is -0.140. The molecule has 0 amide bonds. The molecule has 1 heterocycles. The molecule has 0 atom stereocenters. The summed E-state index contributed by atoms with van der Waals surface area (Å²) in [4.78, 5) is 11.2. The maximum atomic E-state index is 12.0. The number of Topliss-reactive ketones (excluding diaryl/α,β-unsaturated/α-hetero) is 1. The van der Waals surface area contributed by atoms with Crippen LogP contribution in [0, 0.1) is 0 Å². The van der Waals surface area contributed by atoms with E-state index in [2.05, 4.69) is 0 Å². The quantitative estimate of drug-likeness (QED) is 0.695. The lowest BCUT2D eigenvalue weighted by Gasteiger charge is -2.10. The predicted molar refractivity (Wildman–Crippen MR) is 45.1 cm³/mol. The number of alkyl halides is 3. The van der Waals surface area contributed by atoms with Gasteiger partial charge < -0.3 is 4.57 Å². The fourth-order valence-corrected chi connectivity index (χ4v) is 1.18. The number of carbonyl (C=O) groups excluding carboxylic acids is 1. The molecule has 1 rings (SSSR count). The number of ketones is 1. The number of hydrogen-bond donors (Lipinski definition) is 0. The molecule has 0 saturated heterocycles. The van der Waals surface area contributed by atoms with Crippen molar-refractivity contribution in [1.82, 2.24) is 4.57 Å². The van der Waals surface area contributed by atoms with Gasteiger partial charge in [-0.15, -0.1) is 0 Å². The zero-order valence-corrected chi connectivity index (χ0v) is 7.64. The van der Waals surface area contributed by atoms with E-state index in [9.17, 15) is 18.0 Å². The van der Waals surface area contributed by atoms with E-state index in [0.717, 1.165) is 4.57 Å². The van der Waals surface area contributed by atoms with E-state index in [1.54, 1.807) is 6.92 Å². The number of aromatic nitrogens is 1. The van der Waals surface area contributed by atoms with Crippen LogP contribution in [-0.4, -0.2) is 16.5 Å². The molecule has 0 N–H and O–H groups in total. The molecular weight excluding hydrogens is 195 g/mol. The Hall–Kier alpha value is -1.26. The molecule has 0 fully saturated rings. The molecule has 0 radical (unpaired) electrons. The highest BCUT2D eigenvalue weighted by molar-refractivity contribution is 5.94. The molecule has 14 heavy (non-hydrogen) atoms. The van der Waals surface area contributed by atoms with Crippen molar-refractivity contribution >= 4 is 5.78 Å². The number of rotatable bonds is 3. The van der Waals surface area contributed by atoms with E-state index in [1.807, 2.05) is 0 Å². The monoisotopic (exact) mass is 205 g/mol. The minimum Gasteiger partial charge on any atom is -0.336 e. The minimum atomic E-state index is -4.29. The third kappa shape index (κ3) is 2.61. The summed E-state index contributed by atoms with van der Waals surface area (Å²) in [5, 5.41) is 0. The van der Waals surface area contributed by atoms with Gasteiger partial charge in [-0.05, 0) is 12.1 Å². The Morgan fingerprint density at radius 2 is 2.14 bits per heavy atom. The average molecular weight is 205 g/mol. The molecule has 0 saturated carbocycles. The van der Waals surface area contributed by atoms with Gasteiger partial charge >= 0.3 is 6.18 Å². The van der Waals surface area contributed by atoms with Crippen LogP contribution in [0.3, 0.4) is 0 Å². The summed E-state index contributed by atoms with van der Waals surface area (Å²) in [6.07, 6.45) is -2.82. The first-order valence-electron chi connectivity index (χ1n) is 4.19. The minimum absolute atomic E-state index is 0.116. The summed E-state index contributed by atoms with van der Waals surface area (Å²) in [6, 6.07) is 2.84. The largest absolute Gasteiger partial charge is 0.406 e. The van der Waals surface area contributed by atoms with Crippen LogP contribution in [0.2, 0.25) is 0 Å². The molecule has 0 bridgehead atoms. The van der Waals surface area contributed by atoms with Gasteiger partial charge in [0.25, 0.3) is 0 Å². The van der Waals surface area contributed by atoms with Crippen molar-refractivity contribution < 1.29 is 18.0 Å². The molecule has 1 aromatic heterocycles. The molecule has 0 aliphatic rings. The first kappa shape index (κ1) is 10.8. The second-order valence-electron chi connectivity index (χ2n) is 2.91. The fraction of sp³-hybridized carbons (Fsp3) is 0.444. The van der Waals surface area contributed by atoms with Crippen molar-refractivity contribution in [2.24, 2.45) is 0 Å². The van der Waals surface area contributed by atoms with Gasteiger partial charge in [0.1, 0.15) is 6.54 Å². The van der Waals surface area contributed by atoms with Gasteiger partial charge in [-0.1, -0.05) is 6.92 Å². The van der Waals surface area contributed by atoms with Gasteiger partial charge in [-0.3, -0.25) is 4.79 Å². The standard InChI is InChI=1S/C9H10F3NO/c1-2-8(14)7-4-3-5-13(7)6-9(10,11)12/h3-5H,2,6H2,1H3. The number of carbonyl (C=O) groups is 1. The van der Waals surface area contributed by atoms with Crippen LogP contribution in [-0.2, 0) is 6.54 Å². The molecular formula is C9H10F3NO. The number of nitrogens with zero attached hydrogens (tertiary/aromatic N) is 1. The predicted octanol–water partition coefficient (Wildman–Crippen LogP) is 2.64. The van der Waals surface area contributed by atoms with Crippen LogP contribution >= 0.6 is 0 Å². The van der Waals surface area contributed by atoms with Gasteiger partial charge in [0.05, 0.1) is 5.69 Å². The van der Waals surface area contributed by atoms with Crippen LogP contribution in [0.5, 0.6) is 0 Å². The Balaban J connectivity index is 2.88. The van der Waals surface area contributed by atoms with E-state index in [-0.39, 0.29) is 17.9 Å². The third-order valence-electron chi connectivity index (χ3n) is 1.79. The van der Waals surface area contributed by atoms with Gasteiger partial charge in [-0.25, -0.2) is 0 Å². The summed E-state index contributed by atoms with van der Waals surface area (Å²) in [6.45, 7) is 0.508. The third-order valence-corrected chi connectivity index (χ3v) is 1.79. The molecule has 0 unspecified atom stereocenters. The van der Waals surface area contributed by atoms with Crippen molar-refractivity contribution in [3.05, 3.63) is 24.0 Å². The summed E-state index contributed by atoms with van der Waals surface area (Å²) in [5.41, 5.74) is 0.116. The summed E-state index contributed by atoms with van der Waals surface area (Å²) >= 11 is 0. The highest BCUT2D eigenvalue weighted by Gasteiger charge is 2.29. The molecule has 78 valence electrons. The first-order valence-corrected chi connectivity index (χ1v) is 4.19. The number of halogens is 3. The normalized spacial score (nSPS) is 11.7. The van der Waals surface area contributed by atoms with Crippen LogP contribution in [0.1, 0.15) is 23.8 Å². The fourth-order valence-electron chi connectivity index (χ4n) is 1.18. The van der Waals surface area contributed by atoms with Crippen LogP contribution in [0.15, 0.2) is 18.3 Å². The molecule has 2 nitrogen and oxygen atoms in total. The van der Waals surface area contributed by atoms with Crippen molar-refractivity contribution in [1.29, 1.82) is 0 Å². The Morgan fingerprint density at radius 1 is 1.50 bits per heavy atom. The van der Waals surface area contributed by atoms with Gasteiger partial charge in [0.15, 0.2) is 5.78 Å². The second kappa shape index (κ2) is 3.86.